The van der Waals surface area contributed by atoms with Crippen molar-refractivity contribution < 1.29 is 17.3 Å². The van der Waals surface area contributed by atoms with Gasteiger partial charge in [0, 0.05) is 0 Å². The molecule has 0 aliphatic carbocycles. The van der Waals surface area contributed by atoms with Gasteiger partial charge in [-0.15, -0.1) is 0 Å². The van der Waals surface area contributed by atoms with Crippen molar-refractivity contribution in [2.75, 3.05) is 6.54 Å². The monoisotopic (exact) mass is 298 g/mol. The summed E-state index contributed by atoms with van der Waals surface area (Å²) in [6.45, 7) is 3.53. The molecule has 7 heteroatoms. The van der Waals surface area contributed by atoms with E-state index in [1.54, 1.807) is 18.2 Å². The third-order valence-corrected chi connectivity index (χ3v) is 3.92. The van der Waals surface area contributed by atoms with Gasteiger partial charge in [-0.2, -0.15) is 0 Å². The number of sulfonamides is 1. The number of nitrogens with one attached hydrogen (secondary N) is 2. The molecule has 20 heavy (non-hydrogen) atoms. The van der Waals surface area contributed by atoms with Crippen LogP contribution in [0.15, 0.2) is 44.5 Å². The summed E-state index contributed by atoms with van der Waals surface area (Å²) in [6, 6.07) is 6.51. The number of hydrogen-bond donors (Lipinski definition) is 2. The first-order valence-electron chi connectivity index (χ1n) is 6.43. The van der Waals surface area contributed by atoms with Crippen molar-refractivity contribution in [2.45, 2.75) is 31.5 Å². The van der Waals surface area contributed by atoms with Crippen molar-refractivity contribution in [3.63, 3.8) is 0 Å². The van der Waals surface area contributed by atoms with Crippen LogP contribution in [0.2, 0.25) is 0 Å². The highest BCUT2D eigenvalue weighted by atomic mass is 32.2. The van der Waals surface area contributed by atoms with Gasteiger partial charge in [-0.05, 0) is 37.2 Å². The molecular weight excluding hydrogens is 280 g/mol. The van der Waals surface area contributed by atoms with E-state index in [2.05, 4.69) is 17.0 Å². The second kappa shape index (κ2) is 6.74. The van der Waals surface area contributed by atoms with E-state index in [0.717, 1.165) is 13.0 Å². The second-order valence-electron chi connectivity index (χ2n) is 4.30. The van der Waals surface area contributed by atoms with Gasteiger partial charge in [-0.1, -0.05) is 6.92 Å². The SMILES string of the molecule is CCCNCc1ccc(S(=O)(=O)NCc2ccco2)o1. The predicted octanol–water partition coefficient (Wildman–Crippen LogP) is 1.85. The maximum absolute atomic E-state index is 12.0. The van der Waals surface area contributed by atoms with E-state index in [9.17, 15) is 8.42 Å². The quantitative estimate of drug-likeness (QED) is 0.727. The largest absolute Gasteiger partial charge is 0.468 e. The van der Waals surface area contributed by atoms with Crippen LogP contribution in [0.4, 0.5) is 0 Å². The average Bonchev–Trinajstić information content (AvgIpc) is 3.08. The minimum atomic E-state index is -3.65. The number of furan rings is 2. The zero-order valence-electron chi connectivity index (χ0n) is 11.3. The molecule has 110 valence electrons. The fraction of sp³-hybridized carbons (Fsp3) is 0.385. The molecule has 0 radical (unpaired) electrons. The Morgan fingerprint density at radius 1 is 1.15 bits per heavy atom. The first-order chi connectivity index (χ1) is 9.62. The molecule has 0 saturated heterocycles. The van der Waals surface area contributed by atoms with Gasteiger partial charge in [-0.25, -0.2) is 13.1 Å². The molecule has 2 aromatic rings. The summed E-state index contributed by atoms with van der Waals surface area (Å²) in [5.41, 5.74) is 0. The Hall–Kier alpha value is -1.57. The Balaban J connectivity index is 1.95. The molecule has 0 atom stereocenters. The third-order valence-electron chi connectivity index (χ3n) is 2.64. The first kappa shape index (κ1) is 14.8. The molecule has 0 aromatic carbocycles. The van der Waals surface area contributed by atoms with E-state index in [1.165, 1.54) is 12.3 Å². The molecule has 0 aliphatic heterocycles. The highest BCUT2D eigenvalue weighted by Gasteiger charge is 2.18. The van der Waals surface area contributed by atoms with Crippen molar-refractivity contribution in [2.24, 2.45) is 0 Å². The molecule has 0 saturated carbocycles. The topological polar surface area (TPSA) is 84.5 Å². The maximum Gasteiger partial charge on any atom is 0.274 e. The van der Waals surface area contributed by atoms with E-state index in [1.807, 2.05) is 0 Å². The zero-order valence-corrected chi connectivity index (χ0v) is 12.1. The van der Waals surface area contributed by atoms with E-state index >= 15 is 0 Å². The number of rotatable bonds is 8. The zero-order chi connectivity index (χ0) is 14.4. The molecule has 2 rings (SSSR count). The van der Waals surface area contributed by atoms with Gasteiger partial charge in [0.05, 0.1) is 19.4 Å². The smallest absolute Gasteiger partial charge is 0.274 e. The Morgan fingerprint density at radius 3 is 2.70 bits per heavy atom. The standard InChI is InChI=1S/C13H18N2O4S/c1-2-7-14-9-12-5-6-13(19-12)20(16,17)15-10-11-4-3-8-18-11/h3-6,8,14-15H,2,7,9-10H2,1H3. The van der Waals surface area contributed by atoms with Crippen molar-refractivity contribution in [3.8, 4) is 0 Å². The van der Waals surface area contributed by atoms with Gasteiger partial charge >= 0.3 is 0 Å². The van der Waals surface area contributed by atoms with Crippen LogP contribution < -0.4 is 10.0 Å². The molecule has 0 spiro atoms. The summed E-state index contributed by atoms with van der Waals surface area (Å²) in [5, 5.41) is 3.06. The van der Waals surface area contributed by atoms with Crippen molar-refractivity contribution in [1.82, 2.24) is 10.0 Å². The Morgan fingerprint density at radius 2 is 2.00 bits per heavy atom. The molecule has 2 aromatic heterocycles. The van der Waals surface area contributed by atoms with Crippen LogP contribution in [-0.2, 0) is 23.1 Å². The summed E-state index contributed by atoms with van der Waals surface area (Å²) >= 11 is 0. The minimum absolute atomic E-state index is 0.0858. The first-order valence-corrected chi connectivity index (χ1v) is 7.91. The molecule has 0 amide bonds. The van der Waals surface area contributed by atoms with Gasteiger partial charge in [0.1, 0.15) is 11.5 Å². The Kier molecular flexibility index (Phi) is 4.99. The average molecular weight is 298 g/mol. The lowest BCUT2D eigenvalue weighted by molar-refractivity contribution is 0.399. The van der Waals surface area contributed by atoms with Crippen LogP contribution >= 0.6 is 0 Å². The molecule has 0 unspecified atom stereocenters. The highest BCUT2D eigenvalue weighted by molar-refractivity contribution is 7.89. The van der Waals surface area contributed by atoms with Crippen LogP contribution in [0.5, 0.6) is 0 Å². The summed E-state index contributed by atoms with van der Waals surface area (Å²) in [6.07, 6.45) is 2.50. The molecular formula is C13H18N2O4S. The normalized spacial score (nSPS) is 11.8. The summed E-state index contributed by atoms with van der Waals surface area (Å²) in [7, 11) is -3.65. The van der Waals surface area contributed by atoms with Gasteiger partial charge in [0.15, 0.2) is 0 Å². The minimum Gasteiger partial charge on any atom is -0.468 e. The fourth-order valence-corrected chi connectivity index (χ4v) is 2.57. The van der Waals surface area contributed by atoms with Crippen LogP contribution in [0, 0.1) is 0 Å². The van der Waals surface area contributed by atoms with Gasteiger partial charge in [0.2, 0.25) is 5.09 Å². The summed E-state index contributed by atoms with van der Waals surface area (Å²) < 4.78 is 36.8. The predicted molar refractivity (Wildman–Crippen MR) is 73.4 cm³/mol. The molecule has 6 nitrogen and oxygen atoms in total. The van der Waals surface area contributed by atoms with E-state index in [4.69, 9.17) is 8.83 Å². The Labute approximate surface area is 118 Å². The van der Waals surface area contributed by atoms with Gasteiger partial charge in [0.25, 0.3) is 10.0 Å². The molecule has 0 bridgehead atoms. The summed E-state index contributed by atoms with van der Waals surface area (Å²) in [4.78, 5) is 0. The lowest BCUT2D eigenvalue weighted by Crippen LogP contribution is -2.22. The van der Waals surface area contributed by atoms with Crippen molar-refractivity contribution in [3.05, 3.63) is 42.0 Å². The van der Waals surface area contributed by atoms with Gasteiger partial charge < -0.3 is 14.2 Å². The molecule has 2 N–H and O–H groups in total. The van der Waals surface area contributed by atoms with Crippen LogP contribution in [0.3, 0.4) is 0 Å². The lowest BCUT2D eigenvalue weighted by atomic mass is 10.4. The molecule has 2 heterocycles. The second-order valence-corrected chi connectivity index (χ2v) is 6.00. The van der Waals surface area contributed by atoms with Crippen LogP contribution in [-0.4, -0.2) is 15.0 Å². The Bertz CT molecular complexity index is 617. The lowest BCUT2D eigenvalue weighted by Gasteiger charge is -2.02. The third kappa shape index (κ3) is 3.96. The van der Waals surface area contributed by atoms with Crippen molar-refractivity contribution in [1.29, 1.82) is 0 Å². The fourth-order valence-electron chi connectivity index (χ4n) is 1.64. The van der Waals surface area contributed by atoms with E-state index in [-0.39, 0.29) is 11.6 Å². The maximum atomic E-state index is 12.0. The van der Waals surface area contributed by atoms with Crippen molar-refractivity contribution >= 4 is 10.0 Å². The molecule has 0 aliphatic rings. The highest BCUT2D eigenvalue weighted by Crippen LogP contribution is 2.14. The van der Waals surface area contributed by atoms with Gasteiger partial charge in [-0.3, -0.25) is 0 Å². The molecule has 0 fully saturated rings. The summed E-state index contributed by atoms with van der Waals surface area (Å²) in [5.74, 6) is 1.14. The van der Waals surface area contributed by atoms with Crippen LogP contribution in [0.25, 0.3) is 0 Å². The number of hydrogen-bond acceptors (Lipinski definition) is 5. The van der Waals surface area contributed by atoms with E-state index in [0.29, 0.717) is 18.1 Å². The van der Waals surface area contributed by atoms with Crippen LogP contribution in [0.1, 0.15) is 24.9 Å². The van der Waals surface area contributed by atoms with E-state index < -0.39 is 10.0 Å².